The minimum atomic E-state index is -0.622. The number of hydrogen-bond donors (Lipinski definition) is 1. The van der Waals surface area contributed by atoms with Crippen LogP contribution in [0, 0.1) is 0 Å². The molecule has 0 aliphatic heterocycles. The van der Waals surface area contributed by atoms with Gasteiger partial charge in [0, 0.05) is 12.8 Å². The first kappa shape index (κ1) is 22.2. The van der Waals surface area contributed by atoms with Gasteiger partial charge in [-0.2, -0.15) is 0 Å². The van der Waals surface area contributed by atoms with Gasteiger partial charge in [0.15, 0.2) is 11.0 Å². The molecular weight excluding hydrogens is 398 g/mol. The summed E-state index contributed by atoms with van der Waals surface area (Å²) in [5.74, 6) is 2.68. The lowest BCUT2D eigenvalue weighted by atomic mass is 9.87. The molecule has 0 spiro atoms. The number of aliphatic hydroxyl groups is 1. The summed E-state index contributed by atoms with van der Waals surface area (Å²) in [4.78, 5) is 0. The highest BCUT2D eigenvalue weighted by Crippen LogP contribution is 2.30. The van der Waals surface area contributed by atoms with Crippen LogP contribution in [0.5, 0.6) is 11.5 Å². The highest BCUT2D eigenvalue weighted by molar-refractivity contribution is 7.99. The summed E-state index contributed by atoms with van der Waals surface area (Å²) in [5.41, 5.74) is 2.23. The Morgan fingerprint density at radius 2 is 1.77 bits per heavy atom. The third kappa shape index (κ3) is 5.34. The van der Waals surface area contributed by atoms with E-state index in [1.165, 1.54) is 17.3 Å². The molecule has 0 bridgehead atoms. The Morgan fingerprint density at radius 1 is 1.07 bits per heavy atom. The number of para-hydroxylation sites is 1. The van der Waals surface area contributed by atoms with Gasteiger partial charge in [0.2, 0.25) is 0 Å². The van der Waals surface area contributed by atoms with E-state index in [1.54, 1.807) is 7.11 Å². The van der Waals surface area contributed by atoms with Crippen LogP contribution in [0.4, 0.5) is 0 Å². The van der Waals surface area contributed by atoms with Crippen molar-refractivity contribution in [3.05, 3.63) is 54.1 Å². The maximum absolute atomic E-state index is 10.3. The van der Waals surface area contributed by atoms with E-state index >= 15 is 0 Å². The molecule has 0 radical (unpaired) electrons. The molecule has 1 N–H and O–H groups in total. The molecule has 0 saturated carbocycles. The van der Waals surface area contributed by atoms with Crippen LogP contribution < -0.4 is 9.47 Å². The van der Waals surface area contributed by atoms with Gasteiger partial charge in [-0.05, 0) is 35.2 Å². The van der Waals surface area contributed by atoms with Gasteiger partial charge in [0.05, 0.1) is 18.8 Å². The first-order chi connectivity index (χ1) is 14.3. The molecule has 1 atom stereocenters. The van der Waals surface area contributed by atoms with Crippen molar-refractivity contribution in [2.75, 3.05) is 19.5 Å². The molecule has 3 aromatic rings. The van der Waals surface area contributed by atoms with Gasteiger partial charge < -0.3 is 19.1 Å². The summed E-state index contributed by atoms with van der Waals surface area (Å²) in [5, 5.41) is 19.6. The molecule has 1 unspecified atom stereocenters. The molecule has 0 amide bonds. The third-order valence-electron chi connectivity index (χ3n) is 4.75. The monoisotopic (exact) mass is 427 g/mol. The number of thioether (sulfide) groups is 1. The van der Waals surface area contributed by atoms with Crippen molar-refractivity contribution < 1.29 is 14.6 Å². The number of aromatic nitrogens is 3. The largest absolute Gasteiger partial charge is 0.496 e. The van der Waals surface area contributed by atoms with Crippen LogP contribution in [0.1, 0.15) is 26.3 Å². The SMILES string of the molecule is COc1ccccc1-c1nnc(SCC(O)COc2ccc(C(C)(C)C)cc2)n1C. The number of ether oxygens (including phenoxy) is 2. The van der Waals surface area contributed by atoms with Gasteiger partial charge in [-0.15, -0.1) is 10.2 Å². The number of aliphatic hydroxyl groups excluding tert-OH is 1. The Labute approximate surface area is 182 Å². The Morgan fingerprint density at radius 3 is 2.43 bits per heavy atom. The Bertz CT molecular complexity index is 965. The molecule has 0 saturated heterocycles. The lowest BCUT2D eigenvalue weighted by Crippen LogP contribution is -2.20. The van der Waals surface area contributed by atoms with Gasteiger partial charge in [-0.25, -0.2) is 0 Å². The van der Waals surface area contributed by atoms with Crippen molar-refractivity contribution in [1.82, 2.24) is 14.8 Å². The predicted molar refractivity (Wildman–Crippen MR) is 120 cm³/mol. The maximum Gasteiger partial charge on any atom is 0.191 e. The standard InChI is InChI=1S/C23H29N3O3S/c1-23(2,3)16-10-12-18(13-11-16)29-14-17(27)15-30-22-25-24-21(26(22)4)19-8-6-7-9-20(19)28-5/h6-13,17,27H,14-15H2,1-5H3. The van der Waals surface area contributed by atoms with Gasteiger partial charge >= 0.3 is 0 Å². The highest BCUT2D eigenvalue weighted by Gasteiger charge is 2.17. The van der Waals surface area contributed by atoms with E-state index in [0.717, 1.165) is 28.0 Å². The van der Waals surface area contributed by atoms with E-state index in [-0.39, 0.29) is 12.0 Å². The zero-order valence-electron chi connectivity index (χ0n) is 18.1. The van der Waals surface area contributed by atoms with E-state index in [4.69, 9.17) is 9.47 Å². The van der Waals surface area contributed by atoms with Crippen molar-refractivity contribution in [2.45, 2.75) is 37.4 Å². The second kappa shape index (κ2) is 9.53. The molecule has 0 aliphatic rings. The molecule has 30 heavy (non-hydrogen) atoms. The topological polar surface area (TPSA) is 69.4 Å². The molecule has 0 aliphatic carbocycles. The second-order valence-corrected chi connectivity index (χ2v) is 9.10. The summed E-state index contributed by atoms with van der Waals surface area (Å²) in [6.07, 6.45) is -0.622. The molecule has 6 nitrogen and oxygen atoms in total. The average molecular weight is 428 g/mol. The maximum atomic E-state index is 10.3. The van der Waals surface area contributed by atoms with E-state index in [0.29, 0.717) is 5.75 Å². The number of methoxy groups -OCH3 is 1. The normalized spacial score (nSPS) is 12.6. The second-order valence-electron chi connectivity index (χ2n) is 8.12. The van der Waals surface area contributed by atoms with E-state index in [1.807, 2.05) is 48.0 Å². The van der Waals surface area contributed by atoms with Crippen molar-refractivity contribution in [2.24, 2.45) is 7.05 Å². The lowest BCUT2D eigenvalue weighted by Gasteiger charge is -2.19. The van der Waals surface area contributed by atoms with Crippen LogP contribution in [0.25, 0.3) is 11.4 Å². The number of nitrogens with zero attached hydrogens (tertiary/aromatic N) is 3. The van der Waals surface area contributed by atoms with E-state index in [9.17, 15) is 5.11 Å². The molecule has 160 valence electrons. The van der Waals surface area contributed by atoms with Crippen LogP contribution >= 0.6 is 11.8 Å². The predicted octanol–water partition coefficient (Wildman–Crippen LogP) is 4.32. The fourth-order valence-electron chi connectivity index (χ4n) is 2.97. The van der Waals surface area contributed by atoms with Crippen LogP contribution in [0.3, 0.4) is 0 Å². The van der Waals surface area contributed by atoms with Crippen molar-refractivity contribution >= 4 is 11.8 Å². The third-order valence-corrected chi connectivity index (χ3v) is 5.92. The summed E-state index contributed by atoms with van der Waals surface area (Å²) in [7, 11) is 3.54. The minimum Gasteiger partial charge on any atom is -0.496 e. The zero-order chi connectivity index (χ0) is 21.7. The van der Waals surface area contributed by atoms with Gasteiger partial charge in [0.25, 0.3) is 0 Å². The molecular formula is C23H29N3O3S. The minimum absolute atomic E-state index is 0.105. The van der Waals surface area contributed by atoms with Crippen molar-refractivity contribution in [3.8, 4) is 22.9 Å². The summed E-state index contributed by atoms with van der Waals surface area (Å²) in [6.45, 7) is 6.75. The molecule has 1 aromatic heterocycles. The molecule has 7 heteroatoms. The van der Waals surface area contributed by atoms with Gasteiger partial charge in [-0.1, -0.05) is 56.8 Å². The van der Waals surface area contributed by atoms with Crippen LogP contribution in [0.15, 0.2) is 53.7 Å². The number of hydrogen-bond acceptors (Lipinski definition) is 6. The molecule has 2 aromatic carbocycles. The molecule has 0 fully saturated rings. The smallest absolute Gasteiger partial charge is 0.191 e. The zero-order valence-corrected chi connectivity index (χ0v) is 18.9. The average Bonchev–Trinajstić information content (AvgIpc) is 3.10. The van der Waals surface area contributed by atoms with Gasteiger partial charge in [-0.3, -0.25) is 0 Å². The number of benzene rings is 2. The first-order valence-electron chi connectivity index (χ1n) is 9.86. The van der Waals surface area contributed by atoms with Gasteiger partial charge in [0.1, 0.15) is 18.1 Å². The molecule has 1 heterocycles. The Kier molecular flexibility index (Phi) is 7.05. The molecule has 3 rings (SSSR count). The van der Waals surface area contributed by atoms with Crippen LogP contribution in [-0.2, 0) is 12.5 Å². The fraction of sp³-hybridized carbons (Fsp3) is 0.391. The fourth-order valence-corrected chi connectivity index (χ4v) is 3.78. The summed E-state index contributed by atoms with van der Waals surface area (Å²) < 4.78 is 13.1. The van der Waals surface area contributed by atoms with Crippen molar-refractivity contribution in [3.63, 3.8) is 0 Å². The van der Waals surface area contributed by atoms with Crippen LogP contribution in [-0.4, -0.2) is 45.4 Å². The Hall–Kier alpha value is -2.51. The number of rotatable bonds is 8. The summed E-state index contributed by atoms with van der Waals surface area (Å²) in [6, 6.07) is 15.7. The highest BCUT2D eigenvalue weighted by atomic mass is 32.2. The Balaban J connectivity index is 1.55. The van der Waals surface area contributed by atoms with Crippen LogP contribution in [0.2, 0.25) is 0 Å². The summed E-state index contributed by atoms with van der Waals surface area (Å²) >= 11 is 1.44. The van der Waals surface area contributed by atoms with Crippen molar-refractivity contribution in [1.29, 1.82) is 0 Å². The first-order valence-corrected chi connectivity index (χ1v) is 10.8. The van der Waals surface area contributed by atoms with E-state index in [2.05, 4.69) is 43.1 Å². The lowest BCUT2D eigenvalue weighted by molar-refractivity contribution is 0.126. The van der Waals surface area contributed by atoms with E-state index < -0.39 is 6.10 Å². The quantitative estimate of drug-likeness (QED) is 0.540.